The number of hydrogen-bond donors (Lipinski definition) is 1. The van der Waals surface area contributed by atoms with Crippen LogP contribution in [0.3, 0.4) is 0 Å². The third kappa shape index (κ3) is 3.69. The third-order valence-corrected chi connectivity index (χ3v) is 4.36. The summed E-state index contributed by atoms with van der Waals surface area (Å²) in [5.74, 6) is 0.609. The number of nitrogens with zero attached hydrogens (tertiary/aromatic N) is 1. The molecule has 0 aliphatic rings. The van der Waals surface area contributed by atoms with E-state index in [0.29, 0.717) is 5.75 Å². The second-order valence-electron chi connectivity index (χ2n) is 4.42. The van der Waals surface area contributed by atoms with Crippen LogP contribution in [0, 0.1) is 10.1 Å². The second kappa shape index (κ2) is 6.53. The maximum Gasteiger partial charge on any atom is 0.297 e. The van der Waals surface area contributed by atoms with Gasteiger partial charge in [-0.05, 0) is 24.3 Å². The first-order valence-electron chi connectivity index (χ1n) is 6.36. The number of benzene rings is 2. The van der Waals surface area contributed by atoms with Gasteiger partial charge in [0.1, 0.15) is 17.2 Å². The predicted molar refractivity (Wildman–Crippen MR) is 83.5 cm³/mol. The van der Waals surface area contributed by atoms with Crippen LogP contribution in [0.25, 0.3) is 0 Å². The highest BCUT2D eigenvalue weighted by Crippen LogP contribution is 2.31. The first kappa shape index (κ1) is 16.6. The SMILES string of the molecule is COc1cccc(S(=O)(=O)Nc2ccc(OC)cc2[N+](=O)[O-])c1. The van der Waals surface area contributed by atoms with Gasteiger partial charge in [-0.25, -0.2) is 8.42 Å². The molecule has 2 aromatic rings. The zero-order valence-corrected chi connectivity index (χ0v) is 13.2. The van der Waals surface area contributed by atoms with Gasteiger partial charge in [0, 0.05) is 6.07 Å². The van der Waals surface area contributed by atoms with Crippen LogP contribution in [-0.4, -0.2) is 27.6 Å². The van der Waals surface area contributed by atoms with E-state index >= 15 is 0 Å². The van der Waals surface area contributed by atoms with E-state index in [9.17, 15) is 18.5 Å². The number of nitrogens with one attached hydrogen (secondary N) is 1. The van der Waals surface area contributed by atoms with E-state index in [1.807, 2.05) is 0 Å². The topological polar surface area (TPSA) is 108 Å². The lowest BCUT2D eigenvalue weighted by Crippen LogP contribution is -2.14. The normalized spacial score (nSPS) is 10.9. The second-order valence-corrected chi connectivity index (χ2v) is 6.11. The van der Waals surface area contributed by atoms with Crippen LogP contribution in [0.5, 0.6) is 11.5 Å². The Morgan fingerprint density at radius 3 is 2.30 bits per heavy atom. The number of ether oxygens (including phenoxy) is 2. The molecule has 2 rings (SSSR count). The fourth-order valence-electron chi connectivity index (χ4n) is 1.85. The molecule has 122 valence electrons. The quantitative estimate of drug-likeness (QED) is 0.640. The molecular formula is C14H14N2O6S. The Hall–Kier alpha value is -2.81. The zero-order chi connectivity index (χ0) is 17.0. The van der Waals surface area contributed by atoms with Gasteiger partial charge in [-0.3, -0.25) is 14.8 Å². The lowest BCUT2D eigenvalue weighted by molar-refractivity contribution is -0.384. The molecule has 0 radical (unpaired) electrons. The van der Waals surface area contributed by atoms with Crippen LogP contribution < -0.4 is 14.2 Å². The van der Waals surface area contributed by atoms with Crippen LogP contribution in [0.4, 0.5) is 11.4 Å². The fourth-order valence-corrected chi connectivity index (χ4v) is 2.96. The van der Waals surface area contributed by atoms with Crippen molar-refractivity contribution in [2.24, 2.45) is 0 Å². The number of hydrogen-bond acceptors (Lipinski definition) is 6. The summed E-state index contributed by atoms with van der Waals surface area (Å²) >= 11 is 0. The Bertz CT molecular complexity index is 835. The summed E-state index contributed by atoms with van der Waals surface area (Å²) in [6.45, 7) is 0. The molecule has 0 aliphatic carbocycles. The molecule has 1 N–H and O–H groups in total. The molecule has 2 aromatic carbocycles. The van der Waals surface area contributed by atoms with Crippen molar-refractivity contribution in [2.75, 3.05) is 18.9 Å². The van der Waals surface area contributed by atoms with Crippen LogP contribution in [0.15, 0.2) is 47.4 Å². The van der Waals surface area contributed by atoms with E-state index in [0.717, 1.165) is 6.07 Å². The molecule has 23 heavy (non-hydrogen) atoms. The lowest BCUT2D eigenvalue weighted by atomic mass is 10.2. The van der Waals surface area contributed by atoms with Gasteiger partial charge in [-0.1, -0.05) is 6.07 Å². The van der Waals surface area contributed by atoms with Gasteiger partial charge in [0.05, 0.1) is 30.1 Å². The molecule has 0 atom stereocenters. The Morgan fingerprint density at radius 1 is 1.04 bits per heavy atom. The molecular weight excluding hydrogens is 324 g/mol. The Balaban J connectivity index is 2.42. The van der Waals surface area contributed by atoms with Crippen LogP contribution >= 0.6 is 0 Å². The number of sulfonamides is 1. The summed E-state index contributed by atoms with van der Waals surface area (Å²) in [6.07, 6.45) is 0. The van der Waals surface area contributed by atoms with Gasteiger partial charge >= 0.3 is 0 Å². The molecule has 0 aliphatic heterocycles. The highest BCUT2D eigenvalue weighted by atomic mass is 32.2. The van der Waals surface area contributed by atoms with Crippen LogP contribution in [0.2, 0.25) is 0 Å². The van der Waals surface area contributed by atoms with Crippen molar-refractivity contribution in [1.29, 1.82) is 0 Å². The Morgan fingerprint density at radius 2 is 1.70 bits per heavy atom. The molecule has 0 heterocycles. The van der Waals surface area contributed by atoms with E-state index in [1.165, 1.54) is 44.6 Å². The minimum atomic E-state index is -4.00. The van der Waals surface area contributed by atoms with Crippen LogP contribution in [0.1, 0.15) is 0 Å². The maximum atomic E-state index is 12.4. The van der Waals surface area contributed by atoms with Gasteiger partial charge in [-0.2, -0.15) is 0 Å². The largest absolute Gasteiger partial charge is 0.497 e. The fraction of sp³-hybridized carbons (Fsp3) is 0.143. The first-order valence-corrected chi connectivity index (χ1v) is 7.85. The molecule has 0 saturated heterocycles. The van der Waals surface area contributed by atoms with Gasteiger partial charge < -0.3 is 9.47 Å². The molecule has 0 aromatic heterocycles. The summed E-state index contributed by atoms with van der Waals surface area (Å²) in [4.78, 5) is 10.4. The summed E-state index contributed by atoms with van der Waals surface area (Å²) in [6, 6.07) is 9.62. The minimum Gasteiger partial charge on any atom is -0.497 e. The summed E-state index contributed by atoms with van der Waals surface area (Å²) in [7, 11) is -1.23. The lowest BCUT2D eigenvalue weighted by Gasteiger charge is -2.10. The van der Waals surface area contributed by atoms with Crippen molar-refractivity contribution in [1.82, 2.24) is 0 Å². The average Bonchev–Trinajstić information content (AvgIpc) is 2.54. The van der Waals surface area contributed by atoms with Crippen molar-refractivity contribution < 1.29 is 22.8 Å². The van der Waals surface area contributed by atoms with Crippen molar-refractivity contribution in [3.8, 4) is 11.5 Å². The summed E-state index contributed by atoms with van der Waals surface area (Å²) < 4.78 is 36.8. The molecule has 8 nitrogen and oxygen atoms in total. The number of nitro benzene ring substituents is 1. The number of nitro groups is 1. The first-order chi connectivity index (χ1) is 10.9. The highest BCUT2D eigenvalue weighted by Gasteiger charge is 2.22. The van der Waals surface area contributed by atoms with Crippen molar-refractivity contribution in [3.05, 3.63) is 52.6 Å². The molecule has 0 fully saturated rings. The number of rotatable bonds is 6. The monoisotopic (exact) mass is 338 g/mol. The zero-order valence-electron chi connectivity index (χ0n) is 12.3. The van der Waals surface area contributed by atoms with E-state index < -0.39 is 20.6 Å². The molecule has 0 spiro atoms. The Kier molecular flexibility index (Phi) is 4.70. The predicted octanol–water partition coefficient (Wildman–Crippen LogP) is 2.41. The molecule has 0 saturated carbocycles. The third-order valence-electron chi connectivity index (χ3n) is 3.00. The van der Waals surface area contributed by atoms with Crippen LogP contribution in [-0.2, 0) is 10.0 Å². The number of anilines is 1. The minimum absolute atomic E-state index is 0.0676. The molecule has 0 amide bonds. The molecule has 0 bridgehead atoms. The van der Waals surface area contributed by atoms with Gasteiger partial charge in [0.2, 0.25) is 0 Å². The Labute approximate surface area is 132 Å². The average molecular weight is 338 g/mol. The van der Waals surface area contributed by atoms with E-state index in [1.54, 1.807) is 6.07 Å². The number of methoxy groups -OCH3 is 2. The van der Waals surface area contributed by atoms with Gasteiger partial charge in [-0.15, -0.1) is 0 Å². The summed E-state index contributed by atoms with van der Waals surface area (Å²) in [5.41, 5.74) is -0.561. The molecule has 9 heteroatoms. The van der Waals surface area contributed by atoms with Gasteiger partial charge in [0.25, 0.3) is 15.7 Å². The van der Waals surface area contributed by atoms with E-state index in [2.05, 4.69) is 4.72 Å². The van der Waals surface area contributed by atoms with Gasteiger partial charge in [0.15, 0.2) is 0 Å². The van der Waals surface area contributed by atoms with E-state index in [-0.39, 0.29) is 16.3 Å². The van der Waals surface area contributed by atoms with Crippen molar-refractivity contribution >= 4 is 21.4 Å². The van der Waals surface area contributed by atoms with Crippen molar-refractivity contribution in [2.45, 2.75) is 4.90 Å². The smallest absolute Gasteiger partial charge is 0.297 e. The summed E-state index contributed by atoms with van der Waals surface area (Å²) in [5, 5.41) is 11.1. The highest BCUT2D eigenvalue weighted by molar-refractivity contribution is 7.92. The maximum absolute atomic E-state index is 12.4. The molecule has 0 unspecified atom stereocenters. The standard InChI is InChI=1S/C14H14N2O6S/c1-21-10-4-3-5-12(8-10)23(19,20)15-13-7-6-11(22-2)9-14(13)16(17)18/h3-9,15H,1-2H3. The van der Waals surface area contributed by atoms with E-state index in [4.69, 9.17) is 9.47 Å². The van der Waals surface area contributed by atoms with Crippen molar-refractivity contribution in [3.63, 3.8) is 0 Å².